The summed E-state index contributed by atoms with van der Waals surface area (Å²) in [4.78, 5) is 25.4. The predicted octanol–water partition coefficient (Wildman–Crippen LogP) is 5.29. The molecular formula is C19H19BrFNO3. The zero-order valence-electron chi connectivity index (χ0n) is 13.9. The van der Waals surface area contributed by atoms with Gasteiger partial charge in [0.15, 0.2) is 5.78 Å². The van der Waals surface area contributed by atoms with Crippen LogP contribution in [0.4, 0.5) is 9.18 Å². The molecule has 0 spiro atoms. The Morgan fingerprint density at radius 3 is 2.16 bits per heavy atom. The number of rotatable bonds is 6. The summed E-state index contributed by atoms with van der Waals surface area (Å²) in [5.41, 5.74) is 1.21. The van der Waals surface area contributed by atoms with Gasteiger partial charge < -0.3 is 5.11 Å². The fourth-order valence-electron chi connectivity index (χ4n) is 2.76. The van der Waals surface area contributed by atoms with Crippen LogP contribution in [0.5, 0.6) is 0 Å². The largest absolute Gasteiger partial charge is 0.465 e. The molecule has 0 saturated carbocycles. The SMILES string of the molecule is CC(CC(=O)c1ccc(F)cc1)N(C(=O)O)C(C)c1ccc(Br)cc1. The van der Waals surface area contributed by atoms with Gasteiger partial charge in [0.1, 0.15) is 5.82 Å². The normalized spacial score (nSPS) is 13.1. The van der Waals surface area contributed by atoms with Gasteiger partial charge in [0, 0.05) is 22.5 Å². The molecule has 4 nitrogen and oxygen atoms in total. The van der Waals surface area contributed by atoms with Crippen LogP contribution in [0.25, 0.3) is 0 Å². The van der Waals surface area contributed by atoms with E-state index in [0.717, 1.165) is 10.0 Å². The lowest BCUT2D eigenvalue weighted by Crippen LogP contribution is -2.40. The van der Waals surface area contributed by atoms with Gasteiger partial charge >= 0.3 is 6.09 Å². The van der Waals surface area contributed by atoms with Crippen molar-refractivity contribution in [1.82, 2.24) is 4.90 Å². The van der Waals surface area contributed by atoms with Gasteiger partial charge in [0.2, 0.25) is 0 Å². The van der Waals surface area contributed by atoms with Gasteiger partial charge in [-0.2, -0.15) is 0 Å². The third-order valence-corrected chi connectivity index (χ3v) is 4.64. The summed E-state index contributed by atoms with van der Waals surface area (Å²) in [6, 6.07) is 11.7. The highest BCUT2D eigenvalue weighted by molar-refractivity contribution is 9.10. The number of carboxylic acid groups (broad SMARTS) is 1. The smallest absolute Gasteiger partial charge is 0.408 e. The minimum Gasteiger partial charge on any atom is -0.465 e. The molecule has 1 N–H and O–H groups in total. The number of hydrogen-bond acceptors (Lipinski definition) is 2. The summed E-state index contributed by atoms with van der Waals surface area (Å²) in [5.74, 6) is -0.637. The van der Waals surface area contributed by atoms with E-state index in [4.69, 9.17) is 0 Å². The zero-order valence-corrected chi connectivity index (χ0v) is 15.5. The van der Waals surface area contributed by atoms with E-state index in [0.29, 0.717) is 5.56 Å². The minimum atomic E-state index is -1.09. The summed E-state index contributed by atoms with van der Waals surface area (Å²) in [6.07, 6.45) is -1.06. The highest BCUT2D eigenvalue weighted by atomic mass is 79.9. The van der Waals surface area contributed by atoms with E-state index in [1.807, 2.05) is 24.3 Å². The van der Waals surface area contributed by atoms with Gasteiger partial charge in [-0.1, -0.05) is 28.1 Å². The van der Waals surface area contributed by atoms with Gasteiger partial charge in [-0.05, 0) is 55.8 Å². The Bertz CT molecular complexity index is 746. The van der Waals surface area contributed by atoms with Crippen molar-refractivity contribution in [2.45, 2.75) is 32.4 Å². The summed E-state index contributed by atoms with van der Waals surface area (Å²) in [5, 5.41) is 9.61. The van der Waals surface area contributed by atoms with Crippen LogP contribution < -0.4 is 0 Å². The van der Waals surface area contributed by atoms with Crippen LogP contribution in [-0.2, 0) is 0 Å². The standard InChI is InChI=1S/C19H19BrFNO3/c1-12(11-18(23)15-5-9-17(21)10-6-15)22(19(24)25)13(2)14-3-7-16(20)8-4-14/h3-10,12-13H,11H2,1-2H3,(H,24,25). The highest BCUT2D eigenvalue weighted by Crippen LogP contribution is 2.26. The van der Waals surface area contributed by atoms with Crippen LogP contribution in [0.1, 0.15) is 42.2 Å². The topological polar surface area (TPSA) is 57.6 Å². The number of halogens is 2. The number of nitrogens with zero attached hydrogens (tertiary/aromatic N) is 1. The van der Waals surface area contributed by atoms with E-state index < -0.39 is 24.0 Å². The van der Waals surface area contributed by atoms with Gasteiger partial charge in [-0.15, -0.1) is 0 Å². The predicted molar refractivity (Wildman–Crippen MR) is 97.2 cm³/mol. The molecule has 0 aromatic heterocycles. The van der Waals surface area contributed by atoms with Gasteiger partial charge in [0.25, 0.3) is 0 Å². The second-order valence-electron chi connectivity index (χ2n) is 5.90. The van der Waals surface area contributed by atoms with Crippen molar-refractivity contribution in [2.75, 3.05) is 0 Å². The molecular weight excluding hydrogens is 389 g/mol. The molecule has 2 rings (SSSR count). The van der Waals surface area contributed by atoms with Crippen molar-refractivity contribution in [3.05, 3.63) is 69.9 Å². The van der Waals surface area contributed by atoms with Crippen LogP contribution in [-0.4, -0.2) is 27.9 Å². The van der Waals surface area contributed by atoms with Crippen molar-refractivity contribution in [2.24, 2.45) is 0 Å². The molecule has 0 aliphatic rings. The molecule has 2 atom stereocenters. The molecule has 0 bridgehead atoms. The molecule has 0 aliphatic heterocycles. The number of benzene rings is 2. The first-order valence-corrected chi connectivity index (χ1v) is 8.64. The Morgan fingerprint density at radius 1 is 1.08 bits per heavy atom. The summed E-state index contributed by atoms with van der Waals surface area (Å²) in [7, 11) is 0. The van der Waals surface area contributed by atoms with E-state index >= 15 is 0 Å². The van der Waals surface area contributed by atoms with Crippen molar-refractivity contribution in [1.29, 1.82) is 0 Å². The van der Waals surface area contributed by atoms with Crippen LogP contribution in [0, 0.1) is 5.82 Å². The number of carbonyl (C=O) groups is 2. The van der Waals surface area contributed by atoms with Crippen LogP contribution in [0.2, 0.25) is 0 Å². The first kappa shape index (κ1) is 19.1. The minimum absolute atomic E-state index is 0.0266. The second kappa shape index (κ2) is 8.25. The average Bonchev–Trinajstić information content (AvgIpc) is 2.55. The van der Waals surface area contributed by atoms with E-state index in [2.05, 4.69) is 15.9 Å². The fourth-order valence-corrected chi connectivity index (χ4v) is 3.02. The second-order valence-corrected chi connectivity index (χ2v) is 6.82. The summed E-state index contributed by atoms with van der Waals surface area (Å²) in [6.45, 7) is 3.49. The molecule has 25 heavy (non-hydrogen) atoms. The first-order chi connectivity index (χ1) is 11.8. The average molecular weight is 408 g/mol. The van der Waals surface area contributed by atoms with Gasteiger partial charge in [-0.3, -0.25) is 9.69 Å². The van der Waals surface area contributed by atoms with E-state index in [-0.39, 0.29) is 12.2 Å². The molecule has 132 valence electrons. The molecule has 0 heterocycles. The fraction of sp³-hybridized carbons (Fsp3) is 0.263. The third-order valence-electron chi connectivity index (χ3n) is 4.11. The molecule has 1 amide bonds. The molecule has 2 unspecified atom stereocenters. The van der Waals surface area contributed by atoms with Gasteiger partial charge in [0.05, 0.1) is 6.04 Å². The third kappa shape index (κ3) is 4.89. The van der Waals surface area contributed by atoms with Crippen molar-refractivity contribution in [3.63, 3.8) is 0 Å². The van der Waals surface area contributed by atoms with Gasteiger partial charge in [-0.25, -0.2) is 9.18 Å². The van der Waals surface area contributed by atoms with E-state index in [1.54, 1.807) is 13.8 Å². The Balaban J connectivity index is 2.15. The molecule has 0 fully saturated rings. The maximum absolute atomic E-state index is 13.0. The Kier molecular flexibility index (Phi) is 6.31. The number of Topliss-reactive ketones (excluding diaryl/α,β-unsaturated/α-hetero) is 1. The lowest BCUT2D eigenvalue weighted by molar-refractivity contribution is 0.0856. The Morgan fingerprint density at radius 2 is 1.64 bits per heavy atom. The number of hydrogen-bond donors (Lipinski definition) is 1. The maximum atomic E-state index is 13.0. The lowest BCUT2D eigenvalue weighted by Gasteiger charge is -2.32. The van der Waals surface area contributed by atoms with Crippen LogP contribution >= 0.6 is 15.9 Å². The van der Waals surface area contributed by atoms with Crippen LogP contribution in [0.3, 0.4) is 0 Å². The number of amides is 1. The lowest BCUT2D eigenvalue weighted by atomic mass is 10.0. The highest BCUT2D eigenvalue weighted by Gasteiger charge is 2.28. The Hall–Kier alpha value is -2.21. The molecule has 0 aliphatic carbocycles. The summed E-state index contributed by atoms with van der Waals surface area (Å²) < 4.78 is 13.9. The number of ketones is 1. The zero-order chi connectivity index (χ0) is 18.6. The summed E-state index contributed by atoms with van der Waals surface area (Å²) >= 11 is 3.35. The van der Waals surface area contributed by atoms with Crippen LogP contribution in [0.15, 0.2) is 53.0 Å². The molecule has 2 aromatic carbocycles. The maximum Gasteiger partial charge on any atom is 0.408 e. The molecule has 2 aromatic rings. The van der Waals surface area contributed by atoms with E-state index in [1.165, 1.54) is 29.2 Å². The first-order valence-electron chi connectivity index (χ1n) is 7.85. The molecule has 6 heteroatoms. The van der Waals surface area contributed by atoms with Crippen molar-refractivity contribution >= 4 is 27.8 Å². The number of carbonyl (C=O) groups excluding carboxylic acids is 1. The Labute approximate surface area is 154 Å². The van der Waals surface area contributed by atoms with E-state index in [9.17, 15) is 19.1 Å². The van der Waals surface area contributed by atoms with Crippen molar-refractivity contribution < 1.29 is 19.1 Å². The molecule has 0 saturated heterocycles. The quantitative estimate of drug-likeness (QED) is 0.661. The molecule has 0 radical (unpaired) electrons. The van der Waals surface area contributed by atoms with Crippen molar-refractivity contribution in [3.8, 4) is 0 Å². The monoisotopic (exact) mass is 407 g/mol.